The maximum atomic E-state index is 12.1. The molecule has 0 saturated carbocycles. The third kappa shape index (κ3) is 4.22. The van der Waals surface area contributed by atoms with Crippen molar-refractivity contribution < 1.29 is 14.7 Å². The monoisotopic (exact) mass is 303 g/mol. The number of rotatable bonds is 5. The first-order valence-electron chi connectivity index (χ1n) is 6.11. The standard InChI is InChI=1S/C14H13N3O3S/c1-9-15-6-4-11(17-9)8-16-14(20)13-10(5-7-21-13)2-3-12(18)19/h2-7H,8H2,1H3,(H,16,20)(H,18,19). The molecule has 0 radical (unpaired) electrons. The van der Waals surface area contributed by atoms with E-state index in [1.54, 1.807) is 30.6 Å². The number of hydrogen-bond donors (Lipinski definition) is 2. The predicted molar refractivity (Wildman–Crippen MR) is 78.9 cm³/mol. The maximum absolute atomic E-state index is 12.1. The number of nitrogens with one attached hydrogen (secondary N) is 1. The number of carbonyl (C=O) groups is 2. The zero-order valence-electron chi connectivity index (χ0n) is 11.2. The van der Waals surface area contributed by atoms with E-state index < -0.39 is 5.97 Å². The lowest BCUT2D eigenvalue weighted by molar-refractivity contribution is -0.131. The second-order valence-corrected chi connectivity index (χ2v) is 5.07. The molecule has 0 aliphatic rings. The van der Waals surface area contributed by atoms with Crippen LogP contribution in [0.25, 0.3) is 6.08 Å². The van der Waals surface area contributed by atoms with Crippen LogP contribution in [0.3, 0.4) is 0 Å². The Bertz CT molecular complexity index is 694. The van der Waals surface area contributed by atoms with E-state index in [0.717, 1.165) is 11.8 Å². The average Bonchev–Trinajstić information content (AvgIpc) is 2.91. The van der Waals surface area contributed by atoms with Crippen LogP contribution in [-0.2, 0) is 11.3 Å². The lowest BCUT2D eigenvalue weighted by Gasteiger charge is -2.04. The van der Waals surface area contributed by atoms with Gasteiger partial charge in [-0.15, -0.1) is 11.3 Å². The number of hydrogen-bond acceptors (Lipinski definition) is 5. The van der Waals surface area contributed by atoms with Gasteiger partial charge in [0.15, 0.2) is 0 Å². The number of thiophene rings is 1. The van der Waals surface area contributed by atoms with Gasteiger partial charge in [-0.25, -0.2) is 14.8 Å². The number of nitrogens with zero attached hydrogens (tertiary/aromatic N) is 2. The van der Waals surface area contributed by atoms with Crippen LogP contribution in [-0.4, -0.2) is 27.0 Å². The highest BCUT2D eigenvalue weighted by Gasteiger charge is 2.11. The first-order valence-corrected chi connectivity index (χ1v) is 6.99. The summed E-state index contributed by atoms with van der Waals surface area (Å²) in [6.07, 6.45) is 4.05. The first-order chi connectivity index (χ1) is 10.1. The number of carboxylic acids is 1. The summed E-state index contributed by atoms with van der Waals surface area (Å²) in [5, 5.41) is 13.1. The van der Waals surface area contributed by atoms with Gasteiger partial charge in [0.2, 0.25) is 0 Å². The molecule has 7 heteroatoms. The molecule has 2 aromatic rings. The summed E-state index contributed by atoms with van der Waals surface area (Å²) < 4.78 is 0. The Balaban J connectivity index is 2.04. The van der Waals surface area contributed by atoms with Crippen LogP contribution < -0.4 is 5.32 Å². The highest BCUT2D eigenvalue weighted by Crippen LogP contribution is 2.18. The van der Waals surface area contributed by atoms with Gasteiger partial charge in [-0.05, 0) is 36.1 Å². The number of aliphatic carboxylic acids is 1. The van der Waals surface area contributed by atoms with Crippen LogP contribution in [0.15, 0.2) is 29.8 Å². The summed E-state index contributed by atoms with van der Waals surface area (Å²) in [4.78, 5) is 31.3. The quantitative estimate of drug-likeness (QED) is 0.823. The summed E-state index contributed by atoms with van der Waals surface area (Å²) in [5.41, 5.74) is 1.30. The van der Waals surface area contributed by atoms with E-state index in [1.807, 2.05) is 0 Å². The Morgan fingerprint density at radius 3 is 2.95 bits per heavy atom. The Morgan fingerprint density at radius 1 is 1.43 bits per heavy atom. The maximum Gasteiger partial charge on any atom is 0.328 e. The number of carboxylic acid groups (broad SMARTS) is 1. The summed E-state index contributed by atoms with van der Waals surface area (Å²) in [6.45, 7) is 2.07. The van der Waals surface area contributed by atoms with E-state index in [1.165, 1.54) is 17.4 Å². The minimum Gasteiger partial charge on any atom is -0.478 e. The zero-order valence-corrected chi connectivity index (χ0v) is 12.1. The van der Waals surface area contributed by atoms with Crippen LogP contribution >= 0.6 is 11.3 Å². The molecular formula is C14H13N3O3S. The molecule has 108 valence electrons. The van der Waals surface area contributed by atoms with Gasteiger partial charge in [-0.2, -0.15) is 0 Å². The van der Waals surface area contributed by atoms with Crippen molar-refractivity contribution in [2.75, 3.05) is 0 Å². The topological polar surface area (TPSA) is 92.2 Å². The van der Waals surface area contributed by atoms with Crippen molar-refractivity contribution in [1.29, 1.82) is 0 Å². The van der Waals surface area contributed by atoms with E-state index in [2.05, 4.69) is 15.3 Å². The van der Waals surface area contributed by atoms with Crippen molar-refractivity contribution in [3.05, 3.63) is 51.7 Å². The second kappa shape index (κ2) is 6.76. The van der Waals surface area contributed by atoms with E-state index in [0.29, 0.717) is 22.8 Å². The van der Waals surface area contributed by atoms with Gasteiger partial charge < -0.3 is 10.4 Å². The van der Waals surface area contributed by atoms with Crippen LogP contribution in [0.2, 0.25) is 0 Å². The lowest BCUT2D eigenvalue weighted by atomic mass is 10.2. The zero-order chi connectivity index (χ0) is 15.2. The highest BCUT2D eigenvalue weighted by molar-refractivity contribution is 7.12. The molecule has 21 heavy (non-hydrogen) atoms. The molecule has 0 aromatic carbocycles. The largest absolute Gasteiger partial charge is 0.478 e. The molecule has 2 heterocycles. The molecule has 2 N–H and O–H groups in total. The van der Waals surface area contributed by atoms with Gasteiger partial charge >= 0.3 is 5.97 Å². The van der Waals surface area contributed by atoms with Gasteiger partial charge in [-0.1, -0.05) is 0 Å². The fraction of sp³-hybridized carbons (Fsp3) is 0.143. The Morgan fingerprint density at radius 2 is 2.24 bits per heavy atom. The average molecular weight is 303 g/mol. The van der Waals surface area contributed by atoms with E-state index in [9.17, 15) is 9.59 Å². The summed E-state index contributed by atoms with van der Waals surface area (Å²) in [6, 6.07) is 3.43. The molecule has 2 aromatic heterocycles. The van der Waals surface area contributed by atoms with Crippen molar-refractivity contribution in [3.8, 4) is 0 Å². The van der Waals surface area contributed by atoms with E-state index >= 15 is 0 Å². The fourth-order valence-electron chi connectivity index (χ4n) is 1.65. The van der Waals surface area contributed by atoms with Crippen molar-refractivity contribution in [2.24, 2.45) is 0 Å². The van der Waals surface area contributed by atoms with Gasteiger partial charge in [0.1, 0.15) is 5.82 Å². The fourth-order valence-corrected chi connectivity index (χ4v) is 2.45. The molecule has 0 saturated heterocycles. The summed E-state index contributed by atoms with van der Waals surface area (Å²) in [5.74, 6) is -0.668. The third-order valence-electron chi connectivity index (χ3n) is 2.57. The van der Waals surface area contributed by atoms with Crippen molar-refractivity contribution in [3.63, 3.8) is 0 Å². The molecule has 0 aliphatic carbocycles. The second-order valence-electron chi connectivity index (χ2n) is 4.15. The third-order valence-corrected chi connectivity index (χ3v) is 3.50. The van der Waals surface area contributed by atoms with Gasteiger partial charge in [0, 0.05) is 12.3 Å². The van der Waals surface area contributed by atoms with Crippen molar-refractivity contribution in [2.45, 2.75) is 13.5 Å². The Labute approximate surface area is 125 Å². The number of carbonyl (C=O) groups excluding carboxylic acids is 1. The number of aryl methyl sites for hydroxylation is 1. The van der Waals surface area contributed by atoms with E-state index in [4.69, 9.17) is 5.11 Å². The van der Waals surface area contributed by atoms with Crippen LogP contribution in [0.5, 0.6) is 0 Å². The normalized spacial score (nSPS) is 10.7. The first kappa shape index (κ1) is 14.9. The predicted octanol–water partition coefficient (Wildman–Crippen LogP) is 1.87. The van der Waals surface area contributed by atoms with Crippen molar-refractivity contribution >= 4 is 29.3 Å². The molecular weight excluding hydrogens is 290 g/mol. The minimum absolute atomic E-state index is 0.258. The molecule has 0 spiro atoms. The smallest absolute Gasteiger partial charge is 0.328 e. The molecule has 1 amide bonds. The summed E-state index contributed by atoms with van der Waals surface area (Å²) in [7, 11) is 0. The van der Waals surface area contributed by atoms with Crippen LogP contribution in [0.1, 0.15) is 26.8 Å². The molecule has 0 fully saturated rings. The van der Waals surface area contributed by atoms with Crippen LogP contribution in [0, 0.1) is 6.92 Å². The minimum atomic E-state index is -1.05. The molecule has 0 aliphatic heterocycles. The Hall–Kier alpha value is -2.54. The van der Waals surface area contributed by atoms with Gasteiger partial charge in [0.05, 0.1) is 17.1 Å². The Kier molecular flexibility index (Phi) is 4.78. The van der Waals surface area contributed by atoms with Gasteiger partial charge in [-0.3, -0.25) is 4.79 Å². The molecule has 0 bridgehead atoms. The SMILES string of the molecule is Cc1nccc(CNC(=O)c2sccc2C=CC(=O)O)n1. The summed E-state index contributed by atoms with van der Waals surface area (Å²) >= 11 is 1.26. The highest BCUT2D eigenvalue weighted by atomic mass is 32.1. The molecule has 6 nitrogen and oxygen atoms in total. The van der Waals surface area contributed by atoms with Gasteiger partial charge in [0.25, 0.3) is 5.91 Å². The van der Waals surface area contributed by atoms with Crippen LogP contribution in [0.4, 0.5) is 0 Å². The molecule has 2 rings (SSSR count). The lowest BCUT2D eigenvalue weighted by Crippen LogP contribution is -2.23. The number of amides is 1. The van der Waals surface area contributed by atoms with Crippen molar-refractivity contribution in [1.82, 2.24) is 15.3 Å². The number of aromatic nitrogens is 2. The molecule has 0 atom stereocenters. The molecule has 0 unspecified atom stereocenters. The van der Waals surface area contributed by atoms with E-state index in [-0.39, 0.29) is 5.91 Å².